The van der Waals surface area contributed by atoms with Gasteiger partial charge in [0.15, 0.2) is 5.78 Å². The molecule has 12 heavy (non-hydrogen) atoms. The van der Waals surface area contributed by atoms with Crippen molar-refractivity contribution < 1.29 is 9.53 Å². The van der Waals surface area contributed by atoms with E-state index in [0.29, 0.717) is 18.3 Å². The molecule has 2 fully saturated rings. The largest absolute Gasteiger partial charge is 0.343 e. The molecule has 68 valence electrons. The van der Waals surface area contributed by atoms with Crippen LogP contribution < -0.4 is 5.73 Å². The highest BCUT2D eigenvalue weighted by atomic mass is 16.6. The number of nitrogens with two attached hydrogens (primary N) is 1. The third kappa shape index (κ3) is 1.00. The Balaban J connectivity index is 2.07. The van der Waals surface area contributed by atoms with E-state index < -0.39 is 5.72 Å². The van der Waals surface area contributed by atoms with Crippen molar-refractivity contribution in [1.82, 2.24) is 0 Å². The van der Waals surface area contributed by atoms with Crippen molar-refractivity contribution in [3.8, 4) is 0 Å². The van der Waals surface area contributed by atoms with Crippen molar-refractivity contribution in [3.63, 3.8) is 0 Å². The van der Waals surface area contributed by atoms with Gasteiger partial charge in [-0.3, -0.25) is 10.5 Å². The number of carbonyl (C=O) groups is 1. The normalized spacial score (nSPS) is 46.2. The van der Waals surface area contributed by atoms with Crippen LogP contribution in [0.2, 0.25) is 0 Å². The third-order valence-electron chi connectivity index (χ3n) is 3.10. The summed E-state index contributed by atoms with van der Waals surface area (Å²) >= 11 is 0. The highest BCUT2D eigenvalue weighted by Crippen LogP contribution is 2.45. The smallest absolute Gasteiger partial charge is 0.203 e. The van der Waals surface area contributed by atoms with E-state index >= 15 is 0 Å². The second-order valence-electron chi connectivity index (χ2n) is 4.27. The number of epoxide rings is 1. The fourth-order valence-corrected chi connectivity index (χ4v) is 1.93. The zero-order chi connectivity index (χ0) is 8.93. The van der Waals surface area contributed by atoms with Gasteiger partial charge in [0.1, 0.15) is 6.10 Å². The molecule has 0 aromatic heterocycles. The quantitative estimate of drug-likeness (QED) is 0.587. The minimum Gasteiger partial charge on any atom is -0.343 e. The molecule has 1 unspecified atom stereocenters. The zero-order valence-corrected chi connectivity index (χ0v) is 7.54. The summed E-state index contributed by atoms with van der Waals surface area (Å²) in [6.45, 7) is 4.29. The fourth-order valence-electron chi connectivity index (χ4n) is 1.93. The minimum atomic E-state index is -0.870. The van der Waals surface area contributed by atoms with E-state index in [4.69, 9.17) is 10.5 Å². The molecule has 3 atom stereocenters. The lowest BCUT2D eigenvalue weighted by molar-refractivity contribution is -0.125. The lowest BCUT2D eigenvalue weighted by Crippen LogP contribution is -2.43. The SMILES string of the molecule is CC(C)[C@H]1CC(=O)[C@]2(N)OC2C1. The Morgan fingerprint density at radius 1 is 1.67 bits per heavy atom. The summed E-state index contributed by atoms with van der Waals surface area (Å²) in [5.74, 6) is 1.13. The molecular formula is C9H15NO2. The molecule has 1 saturated heterocycles. The van der Waals surface area contributed by atoms with E-state index in [1.165, 1.54) is 0 Å². The molecule has 3 heteroatoms. The number of rotatable bonds is 1. The molecule has 1 saturated carbocycles. The van der Waals surface area contributed by atoms with E-state index in [1.54, 1.807) is 0 Å². The predicted octanol–water partition coefficient (Wildman–Crippen LogP) is 0.675. The van der Waals surface area contributed by atoms with Crippen LogP contribution in [0.5, 0.6) is 0 Å². The molecule has 2 rings (SSSR count). The maximum atomic E-state index is 11.4. The molecule has 2 aliphatic rings. The van der Waals surface area contributed by atoms with Gasteiger partial charge >= 0.3 is 0 Å². The minimum absolute atomic E-state index is 0.0196. The molecule has 1 aliphatic carbocycles. The van der Waals surface area contributed by atoms with Gasteiger partial charge in [0.2, 0.25) is 5.72 Å². The Morgan fingerprint density at radius 2 is 2.33 bits per heavy atom. The number of ether oxygens (including phenoxy) is 1. The van der Waals surface area contributed by atoms with Crippen LogP contribution in [0.15, 0.2) is 0 Å². The molecule has 0 radical (unpaired) electrons. The van der Waals surface area contributed by atoms with Crippen molar-refractivity contribution in [1.29, 1.82) is 0 Å². The lowest BCUT2D eigenvalue weighted by Gasteiger charge is -2.24. The van der Waals surface area contributed by atoms with Crippen LogP contribution in [0.1, 0.15) is 26.7 Å². The molecule has 1 aliphatic heterocycles. The van der Waals surface area contributed by atoms with Gasteiger partial charge in [-0.15, -0.1) is 0 Å². The molecule has 0 bridgehead atoms. The monoisotopic (exact) mass is 169 g/mol. The highest BCUT2D eigenvalue weighted by molar-refractivity contribution is 5.91. The van der Waals surface area contributed by atoms with Crippen molar-refractivity contribution in [2.24, 2.45) is 17.6 Å². The summed E-state index contributed by atoms with van der Waals surface area (Å²) in [6.07, 6.45) is 1.58. The molecular weight excluding hydrogens is 154 g/mol. The van der Waals surface area contributed by atoms with Crippen LogP contribution in [-0.2, 0) is 9.53 Å². The predicted molar refractivity (Wildman–Crippen MR) is 44.4 cm³/mol. The molecule has 0 aromatic carbocycles. The van der Waals surface area contributed by atoms with Gasteiger partial charge in [-0.1, -0.05) is 13.8 Å². The Labute approximate surface area is 72.3 Å². The van der Waals surface area contributed by atoms with Crippen LogP contribution in [0.25, 0.3) is 0 Å². The Hall–Kier alpha value is -0.410. The number of Topliss-reactive ketones (excluding diaryl/α,β-unsaturated/α-hetero) is 1. The summed E-state index contributed by atoms with van der Waals surface area (Å²) in [4.78, 5) is 11.4. The average Bonchev–Trinajstić information content (AvgIpc) is 2.62. The molecule has 1 heterocycles. The van der Waals surface area contributed by atoms with Gasteiger partial charge in [0, 0.05) is 6.42 Å². The summed E-state index contributed by atoms with van der Waals surface area (Å²) < 4.78 is 5.19. The summed E-state index contributed by atoms with van der Waals surface area (Å²) in [5, 5.41) is 0. The van der Waals surface area contributed by atoms with Gasteiger partial charge in [0.05, 0.1) is 0 Å². The van der Waals surface area contributed by atoms with Crippen LogP contribution in [0.3, 0.4) is 0 Å². The summed E-state index contributed by atoms with van der Waals surface area (Å²) in [7, 11) is 0. The van der Waals surface area contributed by atoms with E-state index in [0.717, 1.165) is 6.42 Å². The zero-order valence-electron chi connectivity index (χ0n) is 7.54. The van der Waals surface area contributed by atoms with E-state index in [9.17, 15) is 4.79 Å². The molecule has 2 N–H and O–H groups in total. The number of carbonyl (C=O) groups excluding carboxylic acids is 1. The first kappa shape index (κ1) is 8.20. The number of ketones is 1. The Morgan fingerprint density at radius 3 is 2.83 bits per heavy atom. The third-order valence-corrected chi connectivity index (χ3v) is 3.10. The van der Waals surface area contributed by atoms with Crippen molar-refractivity contribution in [3.05, 3.63) is 0 Å². The van der Waals surface area contributed by atoms with Crippen LogP contribution in [-0.4, -0.2) is 17.6 Å². The molecule has 0 aromatic rings. The van der Waals surface area contributed by atoms with Gasteiger partial charge < -0.3 is 4.74 Å². The van der Waals surface area contributed by atoms with Gasteiger partial charge in [0.25, 0.3) is 0 Å². The molecule has 0 amide bonds. The first-order valence-corrected chi connectivity index (χ1v) is 4.54. The van der Waals surface area contributed by atoms with Gasteiger partial charge in [-0.25, -0.2) is 0 Å². The first-order chi connectivity index (χ1) is 5.54. The van der Waals surface area contributed by atoms with Crippen molar-refractivity contribution >= 4 is 5.78 Å². The first-order valence-electron chi connectivity index (χ1n) is 4.54. The lowest BCUT2D eigenvalue weighted by atomic mass is 9.79. The topological polar surface area (TPSA) is 55.6 Å². The van der Waals surface area contributed by atoms with E-state index in [2.05, 4.69) is 13.8 Å². The average molecular weight is 169 g/mol. The van der Waals surface area contributed by atoms with Gasteiger partial charge in [-0.2, -0.15) is 0 Å². The number of hydrogen-bond donors (Lipinski definition) is 1. The Kier molecular flexibility index (Phi) is 1.57. The highest BCUT2D eigenvalue weighted by Gasteiger charge is 2.62. The molecule has 0 spiro atoms. The van der Waals surface area contributed by atoms with Crippen molar-refractivity contribution in [2.75, 3.05) is 0 Å². The van der Waals surface area contributed by atoms with Crippen LogP contribution >= 0.6 is 0 Å². The Bertz CT molecular complexity index is 227. The van der Waals surface area contributed by atoms with Crippen LogP contribution in [0.4, 0.5) is 0 Å². The molecule has 3 nitrogen and oxygen atoms in total. The maximum Gasteiger partial charge on any atom is 0.203 e. The summed E-state index contributed by atoms with van der Waals surface area (Å²) in [5.41, 5.74) is 4.82. The van der Waals surface area contributed by atoms with Crippen molar-refractivity contribution in [2.45, 2.75) is 38.5 Å². The van der Waals surface area contributed by atoms with E-state index in [-0.39, 0.29) is 11.9 Å². The van der Waals surface area contributed by atoms with Gasteiger partial charge in [-0.05, 0) is 18.3 Å². The summed E-state index contributed by atoms with van der Waals surface area (Å²) in [6, 6.07) is 0. The standard InChI is InChI=1S/C9H15NO2/c1-5(2)6-3-7(11)9(10)8(4-6)12-9/h5-6,8H,3-4,10H2,1-2H3/t6-,8?,9-/m0/s1. The van der Waals surface area contributed by atoms with E-state index in [1.807, 2.05) is 0 Å². The number of fused-ring (bicyclic) bond motifs is 1. The second kappa shape index (κ2) is 2.30. The van der Waals surface area contributed by atoms with Crippen LogP contribution in [0, 0.1) is 11.8 Å². The fraction of sp³-hybridized carbons (Fsp3) is 0.889. The number of hydrogen-bond acceptors (Lipinski definition) is 3. The maximum absolute atomic E-state index is 11.4. The second-order valence-corrected chi connectivity index (χ2v) is 4.27.